The van der Waals surface area contributed by atoms with Gasteiger partial charge < -0.3 is 10.2 Å². The summed E-state index contributed by atoms with van der Waals surface area (Å²) in [6.07, 6.45) is 0.621. The summed E-state index contributed by atoms with van der Waals surface area (Å²) in [6, 6.07) is 12.9. The Hall–Kier alpha value is -2.27. The molecule has 0 amide bonds. The molecule has 3 nitrogen and oxygen atoms in total. The molecule has 2 aromatic carbocycles. The minimum absolute atomic E-state index is 0.0353. The lowest BCUT2D eigenvalue weighted by Crippen LogP contribution is -2.84. The smallest absolute Gasteiger partial charge is 0.181 e. The molecule has 3 rings (SSSR count). The van der Waals surface area contributed by atoms with Crippen molar-refractivity contribution in [1.82, 2.24) is 0 Å². The van der Waals surface area contributed by atoms with Crippen LogP contribution in [0, 0.1) is 11.6 Å². The van der Waals surface area contributed by atoms with E-state index >= 15 is 0 Å². The molecule has 0 radical (unpaired) electrons. The Morgan fingerprint density at radius 3 is 2.64 bits per heavy atom. The van der Waals surface area contributed by atoms with E-state index in [1.54, 1.807) is 12.1 Å². The summed E-state index contributed by atoms with van der Waals surface area (Å²) in [4.78, 5) is 5.38. The van der Waals surface area contributed by atoms with Crippen LogP contribution in [0.1, 0.15) is 17.5 Å². The van der Waals surface area contributed by atoms with Crippen LogP contribution in [-0.4, -0.2) is 18.4 Å². The third kappa shape index (κ3) is 3.68. The first kappa shape index (κ1) is 14.7. The molecule has 114 valence electrons. The van der Waals surface area contributed by atoms with E-state index in [2.05, 4.69) is 10.5 Å². The van der Waals surface area contributed by atoms with Gasteiger partial charge >= 0.3 is 0 Å². The third-order valence-electron chi connectivity index (χ3n) is 3.59. The molecule has 0 unspecified atom stereocenters. The molecular formula is C17H17F2N2O+. The lowest BCUT2D eigenvalue weighted by Gasteiger charge is -2.07. The fraction of sp³-hybridized carbons (Fsp3) is 0.235. The Morgan fingerprint density at radius 1 is 1.09 bits per heavy atom. The second-order valence-electron chi connectivity index (χ2n) is 5.34. The van der Waals surface area contributed by atoms with Crippen molar-refractivity contribution in [3.8, 4) is 0 Å². The standard InChI is InChI=1S/C17H16F2N2O/c18-14-5-1-3-12(7-14)10-20-11-16-9-17(21-22-16)13-4-2-6-15(19)8-13/h1-8,16,20H,9-11H2/p+1/t16-/m0/s1. The molecule has 22 heavy (non-hydrogen) atoms. The van der Waals surface area contributed by atoms with Crippen molar-refractivity contribution in [2.45, 2.75) is 19.1 Å². The van der Waals surface area contributed by atoms with E-state index in [-0.39, 0.29) is 17.7 Å². The Balaban J connectivity index is 1.48. The maximum absolute atomic E-state index is 13.2. The van der Waals surface area contributed by atoms with E-state index in [0.717, 1.165) is 23.4 Å². The van der Waals surface area contributed by atoms with Gasteiger partial charge in [0.05, 0.1) is 5.71 Å². The lowest BCUT2D eigenvalue weighted by molar-refractivity contribution is -0.676. The molecule has 0 saturated carbocycles. The van der Waals surface area contributed by atoms with Crippen molar-refractivity contribution >= 4 is 5.71 Å². The number of hydrogen-bond acceptors (Lipinski definition) is 2. The van der Waals surface area contributed by atoms with Crippen LogP contribution in [0.5, 0.6) is 0 Å². The van der Waals surface area contributed by atoms with Crippen molar-refractivity contribution in [2.75, 3.05) is 6.54 Å². The molecule has 1 atom stereocenters. The maximum Gasteiger partial charge on any atom is 0.181 e. The van der Waals surface area contributed by atoms with Gasteiger partial charge in [-0.25, -0.2) is 8.78 Å². The molecule has 0 spiro atoms. The number of quaternary nitrogens is 1. The largest absolute Gasteiger partial charge is 0.386 e. The zero-order chi connectivity index (χ0) is 15.4. The van der Waals surface area contributed by atoms with E-state index in [0.29, 0.717) is 13.0 Å². The van der Waals surface area contributed by atoms with Crippen LogP contribution in [0.3, 0.4) is 0 Å². The number of hydrogen-bond donors (Lipinski definition) is 1. The van der Waals surface area contributed by atoms with Gasteiger partial charge in [0.1, 0.15) is 24.7 Å². The summed E-state index contributed by atoms with van der Waals surface area (Å²) in [7, 11) is 0. The van der Waals surface area contributed by atoms with E-state index in [4.69, 9.17) is 4.84 Å². The fourth-order valence-electron chi connectivity index (χ4n) is 2.49. The van der Waals surface area contributed by atoms with Gasteiger partial charge in [-0.2, -0.15) is 0 Å². The van der Waals surface area contributed by atoms with Crippen LogP contribution in [0.2, 0.25) is 0 Å². The third-order valence-corrected chi connectivity index (χ3v) is 3.59. The highest BCUT2D eigenvalue weighted by atomic mass is 19.1. The fourth-order valence-corrected chi connectivity index (χ4v) is 2.49. The van der Waals surface area contributed by atoms with E-state index in [9.17, 15) is 8.78 Å². The molecule has 5 heteroatoms. The summed E-state index contributed by atoms with van der Waals surface area (Å²) in [5.74, 6) is -0.499. The van der Waals surface area contributed by atoms with Crippen molar-refractivity contribution in [3.05, 3.63) is 71.3 Å². The molecule has 2 aromatic rings. The van der Waals surface area contributed by atoms with E-state index in [1.165, 1.54) is 24.3 Å². The number of oxime groups is 1. The highest BCUT2D eigenvalue weighted by Gasteiger charge is 2.23. The summed E-state index contributed by atoms with van der Waals surface area (Å²) < 4.78 is 26.3. The van der Waals surface area contributed by atoms with Gasteiger partial charge in [-0.05, 0) is 24.3 Å². The van der Waals surface area contributed by atoms with Crippen LogP contribution in [0.25, 0.3) is 0 Å². The lowest BCUT2D eigenvalue weighted by atomic mass is 10.0. The Morgan fingerprint density at radius 2 is 1.86 bits per heavy atom. The molecule has 0 aromatic heterocycles. The van der Waals surface area contributed by atoms with Crippen molar-refractivity contribution in [2.24, 2.45) is 5.16 Å². The predicted octanol–water partition coefficient (Wildman–Crippen LogP) is 2.22. The summed E-state index contributed by atoms with van der Waals surface area (Å²) in [5, 5.41) is 6.10. The predicted molar refractivity (Wildman–Crippen MR) is 79.3 cm³/mol. The Bertz CT molecular complexity index is 688. The summed E-state index contributed by atoms with van der Waals surface area (Å²) in [5.41, 5.74) is 2.46. The zero-order valence-electron chi connectivity index (χ0n) is 12.0. The van der Waals surface area contributed by atoms with Gasteiger partial charge in [0.15, 0.2) is 6.10 Å². The quantitative estimate of drug-likeness (QED) is 0.904. The van der Waals surface area contributed by atoms with Crippen LogP contribution >= 0.6 is 0 Å². The molecule has 0 saturated heterocycles. The highest BCUT2D eigenvalue weighted by molar-refractivity contribution is 6.01. The molecule has 2 N–H and O–H groups in total. The maximum atomic E-state index is 13.2. The first-order valence-electron chi connectivity index (χ1n) is 7.25. The van der Waals surface area contributed by atoms with Crippen molar-refractivity contribution in [1.29, 1.82) is 0 Å². The number of nitrogens with zero attached hydrogens (tertiary/aromatic N) is 1. The van der Waals surface area contributed by atoms with Crippen molar-refractivity contribution < 1.29 is 18.9 Å². The second-order valence-corrected chi connectivity index (χ2v) is 5.34. The van der Waals surface area contributed by atoms with Crippen LogP contribution in [0.4, 0.5) is 8.78 Å². The highest BCUT2D eigenvalue weighted by Crippen LogP contribution is 2.16. The monoisotopic (exact) mass is 303 g/mol. The average molecular weight is 303 g/mol. The number of nitrogens with two attached hydrogens (primary N) is 1. The van der Waals surface area contributed by atoms with Gasteiger partial charge in [0.2, 0.25) is 0 Å². The second kappa shape index (κ2) is 6.66. The molecular weight excluding hydrogens is 286 g/mol. The Labute approximate surface area is 127 Å². The topological polar surface area (TPSA) is 38.2 Å². The van der Waals surface area contributed by atoms with Crippen LogP contribution in [0.15, 0.2) is 53.7 Å². The average Bonchev–Trinajstić information content (AvgIpc) is 2.96. The number of rotatable bonds is 5. The molecule has 1 aliphatic heterocycles. The SMILES string of the molecule is Fc1cccc(C[NH2+]C[C@@H]2CC(c3cccc(F)c3)=NO2)c1. The van der Waals surface area contributed by atoms with E-state index in [1.807, 2.05) is 12.1 Å². The van der Waals surface area contributed by atoms with Gasteiger partial charge in [-0.1, -0.05) is 29.4 Å². The van der Waals surface area contributed by atoms with Gasteiger partial charge in [-0.15, -0.1) is 0 Å². The molecule has 1 aliphatic rings. The first-order chi connectivity index (χ1) is 10.7. The zero-order valence-corrected chi connectivity index (χ0v) is 12.0. The Kier molecular flexibility index (Phi) is 4.44. The van der Waals surface area contributed by atoms with Crippen LogP contribution in [-0.2, 0) is 11.4 Å². The minimum atomic E-state index is -0.277. The number of benzene rings is 2. The van der Waals surface area contributed by atoms with Crippen LogP contribution < -0.4 is 5.32 Å². The molecule has 0 bridgehead atoms. The summed E-state index contributed by atoms with van der Waals surface area (Å²) >= 11 is 0. The summed E-state index contributed by atoms with van der Waals surface area (Å²) in [6.45, 7) is 1.41. The van der Waals surface area contributed by atoms with Gasteiger partial charge in [-0.3, -0.25) is 0 Å². The van der Waals surface area contributed by atoms with E-state index < -0.39 is 0 Å². The van der Waals surface area contributed by atoms with Gasteiger partial charge in [0.25, 0.3) is 0 Å². The number of halogens is 2. The normalized spacial score (nSPS) is 17.2. The molecule has 0 aliphatic carbocycles. The minimum Gasteiger partial charge on any atom is -0.386 e. The first-order valence-corrected chi connectivity index (χ1v) is 7.25. The van der Waals surface area contributed by atoms with Crippen molar-refractivity contribution in [3.63, 3.8) is 0 Å². The molecule has 1 heterocycles. The van der Waals surface area contributed by atoms with Gasteiger partial charge in [0, 0.05) is 17.5 Å². The molecule has 0 fully saturated rings.